The maximum atomic E-state index is 11.5. The zero-order valence-corrected chi connectivity index (χ0v) is 12.1. The summed E-state index contributed by atoms with van der Waals surface area (Å²) in [6.45, 7) is 4.03. The minimum atomic E-state index is -0.280. The molecule has 0 N–H and O–H groups in total. The van der Waals surface area contributed by atoms with Gasteiger partial charge < -0.3 is 4.74 Å². The Morgan fingerprint density at radius 2 is 2.15 bits per heavy atom. The van der Waals surface area contributed by atoms with Crippen molar-refractivity contribution >= 4 is 17.6 Å². The van der Waals surface area contributed by atoms with Crippen LogP contribution in [0.2, 0.25) is 5.02 Å². The van der Waals surface area contributed by atoms with Gasteiger partial charge in [-0.1, -0.05) is 23.7 Å². The average Bonchev–Trinajstić information content (AvgIpc) is 2.41. The first-order chi connectivity index (χ1) is 9.60. The van der Waals surface area contributed by atoms with Crippen LogP contribution in [0.1, 0.15) is 18.2 Å². The number of ether oxygens (including phenoxy) is 1. The van der Waals surface area contributed by atoms with Gasteiger partial charge in [0.1, 0.15) is 0 Å². The van der Waals surface area contributed by atoms with Gasteiger partial charge in [-0.05, 0) is 25.5 Å². The number of nitrogens with zero attached hydrogens (tertiary/aromatic N) is 2. The molecule has 2 aromatic rings. The van der Waals surface area contributed by atoms with Crippen molar-refractivity contribution in [1.29, 1.82) is 0 Å². The van der Waals surface area contributed by atoms with Crippen LogP contribution in [0.25, 0.3) is 11.3 Å². The van der Waals surface area contributed by atoms with Crippen molar-refractivity contribution in [2.75, 3.05) is 6.61 Å². The van der Waals surface area contributed by atoms with E-state index in [1.807, 2.05) is 19.1 Å². The van der Waals surface area contributed by atoms with Gasteiger partial charge in [-0.25, -0.2) is 4.98 Å². The number of hydrogen-bond donors (Lipinski definition) is 0. The molecule has 0 bridgehead atoms. The lowest BCUT2D eigenvalue weighted by molar-refractivity contribution is -0.142. The molecule has 104 valence electrons. The number of carbonyl (C=O) groups is 1. The second-order valence-corrected chi connectivity index (χ2v) is 4.74. The number of aryl methyl sites for hydroxylation is 1. The average molecular weight is 291 g/mol. The number of benzene rings is 1. The van der Waals surface area contributed by atoms with Gasteiger partial charge in [0.05, 0.1) is 30.6 Å². The van der Waals surface area contributed by atoms with Crippen LogP contribution < -0.4 is 0 Å². The molecule has 0 amide bonds. The summed E-state index contributed by atoms with van der Waals surface area (Å²) in [4.78, 5) is 20.0. The second-order valence-electron chi connectivity index (χ2n) is 4.33. The smallest absolute Gasteiger partial charge is 0.310 e. The molecule has 0 fully saturated rings. The quantitative estimate of drug-likeness (QED) is 0.811. The van der Waals surface area contributed by atoms with Gasteiger partial charge in [0.2, 0.25) is 0 Å². The highest BCUT2D eigenvalue weighted by molar-refractivity contribution is 6.31. The summed E-state index contributed by atoms with van der Waals surface area (Å²) in [5, 5.41) is 0.527. The van der Waals surface area contributed by atoms with E-state index < -0.39 is 0 Å². The predicted molar refractivity (Wildman–Crippen MR) is 77.6 cm³/mol. The van der Waals surface area contributed by atoms with Crippen LogP contribution in [-0.4, -0.2) is 22.5 Å². The number of esters is 1. The Balaban J connectivity index is 2.23. The molecule has 0 radical (unpaired) electrons. The first kappa shape index (κ1) is 14.5. The van der Waals surface area contributed by atoms with E-state index in [9.17, 15) is 4.79 Å². The van der Waals surface area contributed by atoms with E-state index in [1.165, 1.54) is 0 Å². The maximum absolute atomic E-state index is 11.5. The SMILES string of the molecule is CCOC(=O)Cc1ccc(-c2cncc(C)n2)cc1Cl. The Morgan fingerprint density at radius 1 is 1.35 bits per heavy atom. The molecule has 1 aromatic heterocycles. The monoisotopic (exact) mass is 290 g/mol. The molecule has 20 heavy (non-hydrogen) atoms. The predicted octanol–water partition coefficient (Wildman–Crippen LogP) is 3.21. The van der Waals surface area contributed by atoms with Gasteiger partial charge in [0.25, 0.3) is 0 Å². The lowest BCUT2D eigenvalue weighted by atomic mass is 10.1. The first-order valence-electron chi connectivity index (χ1n) is 6.33. The van der Waals surface area contributed by atoms with E-state index in [0.29, 0.717) is 11.6 Å². The van der Waals surface area contributed by atoms with Crippen molar-refractivity contribution in [2.24, 2.45) is 0 Å². The molecule has 0 atom stereocenters. The summed E-state index contributed by atoms with van der Waals surface area (Å²) in [6, 6.07) is 5.49. The van der Waals surface area contributed by atoms with Crippen LogP contribution in [0.3, 0.4) is 0 Å². The summed E-state index contributed by atoms with van der Waals surface area (Å²) in [7, 11) is 0. The van der Waals surface area contributed by atoms with Crippen LogP contribution in [0.4, 0.5) is 0 Å². The number of halogens is 1. The number of rotatable bonds is 4. The summed E-state index contributed by atoms with van der Waals surface area (Å²) < 4.78 is 4.91. The van der Waals surface area contributed by atoms with Crippen LogP contribution in [0.5, 0.6) is 0 Å². The van der Waals surface area contributed by atoms with Crippen molar-refractivity contribution in [3.8, 4) is 11.3 Å². The standard InChI is InChI=1S/C15H15ClN2O2/c1-3-20-15(19)7-11-4-5-12(6-13(11)16)14-9-17-8-10(2)18-14/h4-6,8-9H,3,7H2,1-2H3. The Kier molecular flexibility index (Phi) is 4.69. The molecule has 2 rings (SSSR count). The molecule has 0 saturated heterocycles. The zero-order valence-electron chi connectivity index (χ0n) is 11.4. The van der Waals surface area contributed by atoms with Crippen molar-refractivity contribution in [1.82, 2.24) is 9.97 Å². The van der Waals surface area contributed by atoms with Crippen LogP contribution in [-0.2, 0) is 16.0 Å². The molecular formula is C15H15ClN2O2. The molecule has 0 unspecified atom stereocenters. The van der Waals surface area contributed by atoms with Gasteiger partial charge in [-0.15, -0.1) is 0 Å². The fourth-order valence-electron chi connectivity index (χ4n) is 1.82. The maximum Gasteiger partial charge on any atom is 0.310 e. The molecule has 0 spiro atoms. The Hall–Kier alpha value is -1.94. The molecule has 0 aliphatic heterocycles. The van der Waals surface area contributed by atoms with E-state index in [-0.39, 0.29) is 12.4 Å². The van der Waals surface area contributed by atoms with E-state index in [2.05, 4.69) is 9.97 Å². The fraction of sp³-hybridized carbons (Fsp3) is 0.267. The number of aromatic nitrogens is 2. The molecule has 5 heteroatoms. The topological polar surface area (TPSA) is 52.1 Å². The lowest BCUT2D eigenvalue weighted by Crippen LogP contribution is -2.07. The molecule has 1 aromatic carbocycles. The molecule has 0 saturated carbocycles. The second kappa shape index (κ2) is 6.48. The Morgan fingerprint density at radius 3 is 2.80 bits per heavy atom. The van der Waals surface area contributed by atoms with E-state index in [4.69, 9.17) is 16.3 Å². The van der Waals surface area contributed by atoms with Crippen LogP contribution in [0, 0.1) is 6.92 Å². The van der Waals surface area contributed by atoms with E-state index in [1.54, 1.807) is 25.4 Å². The summed E-state index contributed by atoms with van der Waals surface area (Å²) in [6.07, 6.45) is 3.55. The van der Waals surface area contributed by atoms with Crippen molar-refractivity contribution in [3.05, 3.63) is 46.9 Å². The zero-order chi connectivity index (χ0) is 14.5. The molecule has 0 aliphatic rings. The normalized spacial score (nSPS) is 10.3. The van der Waals surface area contributed by atoms with Crippen molar-refractivity contribution < 1.29 is 9.53 Å². The van der Waals surface area contributed by atoms with Crippen LogP contribution in [0.15, 0.2) is 30.6 Å². The summed E-state index contributed by atoms with van der Waals surface area (Å²) >= 11 is 6.21. The molecule has 4 nitrogen and oxygen atoms in total. The third kappa shape index (κ3) is 3.54. The number of hydrogen-bond acceptors (Lipinski definition) is 4. The molecule has 1 heterocycles. The third-order valence-corrected chi connectivity index (χ3v) is 3.10. The molecular weight excluding hydrogens is 276 g/mol. The van der Waals surface area contributed by atoms with Gasteiger partial charge >= 0.3 is 5.97 Å². The van der Waals surface area contributed by atoms with Crippen LogP contribution >= 0.6 is 11.6 Å². The minimum absolute atomic E-state index is 0.173. The Bertz CT molecular complexity index is 629. The van der Waals surface area contributed by atoms with Crippen molar-refractivity contribution in [2.45, 2.75) is 20.3 Å². The summed E-state index contributed by atoms with van der Waals surface area (Å²) in [5.74, 6) is -0.280. The Labute approximate surface area is 122 Å². The lowest BCUT2D eigenvalue weighted by Gasteiger charge is -2.07. The highest BCUT2D eigenvalue weighted by atomic mass is 35.5. The third-order valence-electron chi connectivity index (χ3n) is 2.74. The highest BCUT2D eigenvalue weighted by Crippen LogP contribution is 2.24. The number of carbonyl (C=O) groups excluding carboxylic acids is 1. The fourth-order valence-corrected chi connectivity index (χ4v) is 2.07. The van der Waals surface area contributed by atoms with Gasteiger partial charge in [-0.3, -0.25) is 9.78 Å². The molecule has 0 aliphatic carbocycles. The van der Waals surface area contributed by atoms with Gasteiger partial charge in [-0.2, -0.15) is 0 Å². The van der Waals surface area contributed by atoms with Gasteiger partial charge in [0, 0.05) is 16.8 Å². The van der Waals surface area contributed by atoms with E-state index >= 15 is 0 Å². The highest BCUT2D eigenvalue weighted by Gasteiger charge is 2.10. The summed E-state index contributed by atoms with van der Waals surface area (Å²) in [5.41, 5.74) is 3.22. The van der Waals surface area contributed by atoms with E-state index in [0.717, 1.165) is 22.5 Å². The first-order valence-corrected chi connectivity index (χ1v) is 6.71. The van der Waals surface area contributed by atoms with Crippen molar-refractivity contribution in [3.63, 3.8) is 0 Å². The minimum Gasteiger partial charge on any atom is -0.466 e. The van der Waals surface area contributed by atoms with Gasteiger partial charge in [0.15, 0.2) is 0 Å². The largest absolute Gasteiger partial charge is 0.466 e.